The van der Waals surface area contributed by atoms with Crippen molar-refractivity contribution in [3.8, 4) is 0 Å². The summed E-state index contributed by atoms with van der Waals surface area (Å²) in [5.41, 5.74) is 1.44. The molecule has 0 saturated carbocycles. The Bertz CT molecular complexity index is 324. The van der Waals surface area contributed by atoms with Crippen molar-refractivity contribution in [2.75, 3.05) is 18.6 Å². The molecule has 0 radical (unpaired) electrons. The molecule has 1 nitrogen and oxygen atoms in total. The van der Waals surface area contributed by atoms with Gasteiger partial charge in [0, 0.05) is 10.5 Å². The lowest BCUT2D eigenvalue weighted by Gasteiger charge is -2.19. The SMILES string of the molecule is CSCCC(CNC(C)C)Cc1ccc(Br)cc1. The molecule has 18 heavy (non-hydrogen) atoms. The number of hydrogen-bond acceptors (Lipinski definition) is 2. The molecule has 1 atom stereocenters. The van der Waals surface area contributed by atoms with Gasteiger partial charge < -0.3 is 5.32 Å². The van der Waals surface area contributed by atoms with Crippen LogP contribution in [0, 0.1) is 5.92 Å². The summed E-state index contributed by atoms with van der Waals surface area (Å²) >= 11 is 5.43. The zero-order chi connectivity index (χ0) is 13.4. The van der Waals surface area contributed by atoms with E-state index in [0.717, 1.165) is 16.9 Å². The summed E-state index contributed by atoms with van der Waals surface area (Å²) in [6.45, 7) is 5.55. The largest absolute Gasteiger partial charge is 0.314 e. The van der Waals surface area contributed by atoms with Crippen LogP contribution in [0.25, 0.3) is 0 Å². The van der Waals surface area contributed by atoms with Crippen molar-refractivity contribution in [1.29, 1.82) is 0 Å². The molecule has 0 fully saturated rings. The molecule has 1 rings (SSSR count). The van der Waals surface area contributed by atoms with Gasteiger partial charge in [-0.25, -0.2) is 0 Å². The molecular weight excluding hydrogens is 306 g/mol. The summed E-state index contributed by atoms with van der Waals surface area (Å²) in [4.78, 5) is 0. The van der Waals surface area contributed by atoms with Gasteiger partial charge in [-0.2, -0.15) is 11.8 Å². The van der Waals surface area contributed by atoms with E-state index in [2.05, 4.69) is 65.6 Å². The maximum absolute atomic E-state index is 3.57. The molecular formula is C15H24BrNS. The Hall–Kier alpha value is 0.01000. The molecule has 0 amide bonds. The number of benzene rings is 1. The van der Waals surface area contributed by atoms with Crippen molar-refractivity contribution in [3.05, 3.63) is 34.3 Å². The minimum atomic E-state index is 0.576. The highest BCUT2D eigenvalue weighted by atomic mass is 79.9. The summed E-state index contributed by atoms with van der Waals surface area (Å²) in [7, 11) is 0. The van der Waals surface area contributed by atoms with E-state index >= 15 is 0 Å². The number of thioether (sulfide) groups is 1. The van der Waals surface area contributed by atoms with Crippen LogP contribution in [0.4, 0.5) is 0 Å². The average Bonchev–Trinajstić information content (AvgIpc) is 2.35. The first-order valence-corrected chi connectivity index (χ1v) is 8.77. The van der Waals surface area contributed by atoms with E-state index in [1.54, 1.807) is 0 Å². The minimum absolute atomic E-state index is 0.576. The monoisotopic (exact) mass is 329 g/mol. The lowest BCUT2D eigenvalue weighted by molar-refractivity contribution is 0.438. The second-order valence-electron chi connectivity index (χ2n) is 5.04. The van der Waals surface area contributed by atoms with E-state index in [1.807, 2.05) is 11.8 Å². The first-order valence-electron chi connectivity index (χ1n) is 6.58. The molecule has 1 unspecified atom stereocenters. The molecule has 0 heterocycles. The number of halogens is 1. The van der Waals surface area contributed by atoms with Crippen LogP contribution in [0.1, 0.15) is 25.8 Å². The first-order chi connectivity index (χ1) is 8.61. The maximum atomic E-state index is 3.57. The van der Waals surface area contributed by atoms with Crippen LogP contribution in [0.5, 0.6) is 0 Å². The Labute approximate surface area is 124 Å². The van der Waals surface area contributed by atoms with Crippen molar-refractivity contribution >= 4 is 27.7 Å². The lowest BCUT2D eigenvalue weighted by atomic mass is 9.96. The highest BCUT2D eigenvalue weighted by Gasteiger charge is 2.10. The molecule has 0 bridgehead atoms. The quantitative estimate of drug-likeness (QED) is 0.760. The third-order valence-corrected chi connectivity index (χ3v) is 4.16. The van der Waals surface area contributed by atoms with Crippen LogP contribution in [-0.2, 0) is 6.42 Å². The Balaban J connectivity index is 2.50. The van der Waals surface area contributed by atoms with E-state index in [9.17, 15) is 0 Å². The fraction of sp³-hybridized carbons (Fsp3) is 0.600. The van der Waals surface area contributed by atoms with E-state index in [0.29, 0.717) is 6.04 Å². The van der Waals surface area contributed by atoms with Crippen molar-refractivity contribution in [2.24, 2.45) is 5.92 Å². The fourth-order valence-electron chi connectivity index (χ4n) is 1.92. The van der Waals surface area contributed by atoms with Crippen LogP contribution in [0.3, 0.4) is 0 Å². The number of rotatable bonds is 8. The summed E-state index contributed by atoms with van der Waals surface area (Å²) in [5, 5.41) is 3.57. The van der Waals surface area contributed by atoms with Crippen LogP contribution in [0.2, 0.25) is 0 Å². The van der Waals surface area contributed by atoms with E-state index in [4.69, 9.17) is 0 Å². The van der Waals surface area contributed by atoms with Gasteiger partial charge in [-0.15, -0.1) is 0 Å². The minimum Gasteiger partial charge on any atom is -0.314 e. The van der Waals surface area contributed by atoms with Gasteiger partial charge >= 0.3 is 0 Å². The predicted molar refractivity (Wildman–Crippen MR) is 87.5 cm³/mol. The highest BCUT2D eigenvalue weighted by Crippen LogP contribution is 2.17. The Kier molecular flexibility index (Phi) is 8.03. The van der Waals surface area contributed by atoms with Crippen molar-refractivity contribution < 1.29 is 0 Å². The Morgan fingerprint density at radius 2 is 1.89 bits per heavy atom. The molecule has 1 aromatic carbocycles. The maximum Gasteiger partial charge on any atom is 0.0175 e. The van der Waals surface area contributed by atoms with Crippen molar-refractivity contribution in [2.45, 2.75) is 32.7 Å². The predicted octanol–water partition coefficient (Wildman–Crippen LogP) is 4.36. The van der Waals surface area contributed by atoms with Gasteiger partial charge in [0.25, 0.3) is 0 Å². The Morgan fingerprint density at radius 3 is 2.44 bits per heavy atom. The molecule has 1 N–H and O–H groups in total. The van der Waals surface area contributed by atoms with Crippen LogP contribution in [-0.4, -0.2) is 24.6 Å². The zero-order valence-corrected chi connectivity index (χ0v) is 14.0. The van der Waals surface area contributed by atoms with Gasteiger partial charge in [-0.3, -0.25) is 0 Å². The molecule has 0 saturated heterocycles. The third kappa shape index (κ3) is 6.81. The van der Waals surface area contributed by atoms with E-state index < -0.39 is 0 Å². The third-order valence-electron chi connectivity index (χ3n) is 2.98. The molecule has 0 aliphatic carbocycles. The number of nitrogens with one attached hydrogen (secondary N) is 1. The van der Waals surface area contributed by atoms with Crippen LogP contribution < -0.4 is 5.32 Å². The summed E-state index contributed by atoms with van der Waals surface area (Å²) in [5.74, 6) is 1.99. The van der Waals surface area contributed by atoms with Crippen LogP contribution >= 0.6 is 27.7 Å². The Morgan fingerprint density at radius 1 is 1.22 bits per heavy atom. The van der Waals surface area contributed by atoms with Gasteiger partial charge in [0.1, 0.15) is 0 Å². The summed E-state index contributed by atoms with van der Waals surface area (Å²) < 4.78 is 1.16. The number of hydrogen-bond donors (Lipinski definition) is 1. The first kappa shape index (κ1) is 16.1. The van der Waals surface area contributed by atoms with E-state index in [1.165, 1.54) is 24.2 Å². The second kappa shape index (κ2) is 9.00. The molecule has 1 aromatic rings. The van der Waals surface area contributed by atoms with Crippen molar-refractivity contribution in [3.63, 3.8) is 0 Å². The zero-order valence-electron chi connectivity index (χ0n) is 11.6. The standard InChI is InChI=1S/C15H24BrNS/c1-12(2)17-11-14(8-9-18-3)10-13-4-6-15(16)7-5-13/h4-7,12,14,17H,8-11H2,1-3H3. The second-order valence-corrected chi connectivity index (χ2v) is 6.94. The summed E-state index contributed by atoms with van der Waals surface area (Å²) in [6.07, 6.45) is 4.65. The van der Waals surface area contributed by atoms with Gasteiger partial charge in [-0.05, 0) is 55.0 Å². The normalized spacial score (nSPS) is 12.9. The topological polar surface area (TPSA) is 12.0 Å². The van der Waals surface area contributed by atoms with E-state index in [-0.39, 0.29) is 0 Å². The molecule has 0 spiro atoms. The van der Waals surface area contributed by atoms with Gasteiger partial charge in [0.05, 0.1) is 0 Å². The van der Waals surface area contributed by atoms with Gasteiger partial charge in [0.2, 0.25) is 0 Å². The fourth-order valence-corrected chi connectivity index (χ4v) is 2.75. The molecule has 0 aromatic heterocycles. The average molecular weight is 330 g/mol. The summed E-state index contributed by atoms with van der Waals surface area (Å²) in [6, 6.07) is 9.30. The van der Waals surface area contributed by atoms with Crippen molar-refractivity contribution in [1.82, 2.24) is 5.32 Å². The smallest absolute Gasteiger partial charge is 0.0175 e. The molecule has 3 heteroatoms. The lowest BCUT2D eigenvalue weighted by Crippen LogP contribution is -2.30. The van der Waals surface area contributed by atoms with Gasteiger partial charge in [-0.1, -0.05) is 41.9 Å². The molecule has 0 aliphatic rings. The van der Waals surface area contributed by atoms with Gasteiger partial charge in [0.15, 0.2) is 0 Å². The molecule has 102 valence electrons. The molecule has 0 aliphatic heterocycles. The highest BCUT2D eigenvalue weighted by molar-refractivity contribution is 9.10. The van der Waals surface area contributed by atoms with Crippen LogP contribution in [0.15, 0.2) is 28.7 Å².